The largest absolute Gasteiger partial charge is 0.324 e. The van der Waals surface area contributed by atoms with Crippen molar-refractivity contribution in [1.82, 2.24) is 10.2 Å². The number of carbonyl (C=O) groups excluding carboxylic acids is 1. The first-order valence-corrected chi connectivity index (χ1v) is 9.61. The highest BCUT2D eigenvalue weighted by molar-refractivity contribution is 8.01. The van der Waals surface area contributed by atoms with Gasteiger partial charge in [0.2, 0.25) is 5.91 Å². The molecule has 0 aliphatic carbocycles. The summed E-state index contributed by atoms with van der Waals surface area (Å²) in [4.78, 5) is 13.8. The number of rotatable bonds is 6. The fourth-order valence-corrected chi connectivity index (χ4v) is 5.14. The van der Waals surface area contributed by atoms with Crippen molar-refractivity contribution in [2.75, 3.05) is 30.3 Å². The summed E-state index contributed by atoms with van der Waals surface area (Å²) in [6, 6.07) is 0.0806. The van der Waals surface area contributed by atoms with E-state index in [9.17, 15) is 13.2 Å². The van der Waals surface area contributed by atoms with Crippen molar-refractivity contribution in [3.8, 4) is 0 Å². The second kappa shape index (κ2) is 7.50. The van der Waals surface area contributed by atoms with Crippen LogP contribution in [-0.4, -0.2) is 61.0 Å². The Morgan fingerprint density at radius 2 is 2.16 bits per heavy atom. The van der Waals surface area contributed by atoms with Crippen LogP contribution in [-0.2, 0) is 14.6 Å². The van der Waals surface area contributed by atoms with Crippen LogP contribution < -0.4 is 5.32 Å². The van der Waals surface area contributed by atoms with Crippen LogP contribution in [0.2, 0.25) is 0 Å². The number of sulfone groups is 1. The number of hydrogen-bond acceptors (Lipinski definition) is 5. The van der Waals surface area contributed by atoms with Gasteiger partial charge in [0.15, 0.2) is 9.84 Å². The average Bonchev–Trinajstić information content (AvgIpc) is 2.39. The molecule has 0 spiro atoms. The molecule has 1 amide bonds. The normalized spacial score (nSPS) is 22.3. The lowest BCUT2D eigenvalue weighted by atomic mass is 10.2. The van der Waals surface area contributed by atoms with Crippen LogP contribution in [0.3, 0.4) is 0 Å². The van der Waals surface area contributed by atoms with E-state index in [1.54, 1.807) is 23.6 Å². The SMILES string of the molecule is CCNC(C)CC(=O)N1CCSCC1S(=O)(=O)CC. The van der Waals surface area contributed by atoms with E-state index < -0.39 is 15.2 Å². The number of carbonyl (C=O) groups is 1. The molecule has 19 heavy (non-hydrogen) atoms. The number of nitrogens with zero attached hydrogens (tertiary/aromatic N) is 1. The summed E-state index contributed by atoms with van der Waals surface area (Å²) in [5.74, 6) is 1.34. The Labute approximate surface area is 120 Å². The van der Waals surface area contributed by atoms with E-state index in [0.717, 1.165) is 12.3 Å². The maximum atomic E-state index is 12.3. The molecule has 0 aromatic heterocycles. The maximum absolute atomic E-state index is 12.3. The molecule has 2 unspecified atom stereocenters. The molecule has 0 bridgehead atoms. The summed E-state index contributed by atoms with van der Waals surface area (Å²) in [7, 11) is -3.20. The molecule has 0 radical (unpaired) electrons. The highest BCUT2D eigenvalue weighted by atomic mass is 32.2. The van der Waals surface area contributed by atoms with Crippen molar-refractivity contribution >= 4 is 27.5 Å². The summed E-state index contributed by atoms with van der Waals surface area (Å²) in [5.41, 5.74) is 0. The number of amides is 1. The summed E-state index contributed by atoms with van der Waals surface area (Å²) in [5, 5.41) is 2.54. The predicted octanol–water partition coefficient (Wildman–Crippen LogP) is 0.711. The fourth-order valence-electron chi connectivity index (χ4n) is 2.16. The fraction of sp³-hybridized carbons (Fsp3) is 0.917. The monoisotopic (exact) mass is 308 g/mol. The average molecular weight is 308 g/mol. The first-order chi connectivity index (χ1) is 8.92. The molecule has 1 aliphatic rings. The Morgan fingerprint density at radius 1 is 1.47 bits per heavy atom. The minimum Gasteiger partial charge on any atom is -0.324 e. The Hall–Kier alpha value is -0.270. The van der Waals surface area contributed by atoms with Crippen molar-refractivity contribution in [3.05, 3.63) is 0 Å². The van der Waals surface area contributed by atoms with Gasteiger partial charge < -0.3 is 10.2 Å². The maximum Gasteiger partial charge on any atom is 0.225 e. The number of thioether (sulfide) groups is 1. The second-order valence-electron chi connectivity index (χ2n) is 4.73. The summed E-state index contributed by atoms with van der Waals surface area (Å²) in [6.45, 7) is 6.91. The first kappa shape index (κ1) is 16.8. The van der Waals surface area contributed by atoms with Crippen molar-refractivity contribution in [1.29, 1.82) is 0 Å². The molecule has 0 aromatic carbocycles. The first-order valence-electron chi connectivity index (χ1n) is 6.74. The van der Waals surface area contributed by atoms with Crippen LogP contribution in [0.4, 0.5) is 0 Å². The Balaban J connectivity index is 2.74. The van der Waals surface area contributed by atoms with Gasteiger partial charge in [0, 0.05) is 36.3 Å². The molecule has 1 saturated heterocycles. The Bertz CT molecular complexity index is 398. The van der Waals surface area contributed by atoms with E-state index in [1.165, 1.54) is 0 Å². The van der Waals surface area contributed by atoms with Crippen molar-refractivity contribution in [3.63, 3.8) is 0 Å². The van der Waals surface area contributed by atoms with E-state index in [4.69, 9.17) is 0 Å². The molecule has 0 saturated carbocycles. The minimum atomic E-state index is -3.20. The van der Waals surface area contributed by atoms with Gasteiger partial charge in [0.1, 0.15) is 5.37 Å². The Kier molecular flexibility index (Phi) is 6.62. The summed E-state index contributed by atoms with van der Waals surface area (Å²) < 4.78 is 24.1. The molecule has 112 valence electrons. The highest BCUT2D eigenvalue weighted by Gasteiger charge is 2.35. The molecule has 0 aromatic rings. The van der Waals surface area contributed by atoms with Gasteiger partial charge in [-0.15, -0.1) is 0 Å². The molecule has 2 atom stereocenters. The van der Waals surface area contributed by atoms with Crippen LogP contribution in [0.5, 0.6) is 0 Å². The van der Waals surface area contributed by atoms with Gasteiger partial charge in [-0.2, -0.15) is 11.8 Å². The van der Waals surface area contributed by atoms with E-state index in [2.05, 4.69) is 5.32 Å². The predicted molar refractivity (Wildman–Crippen MR) is 80.0 cm³/mol. The van der Waals surface area contributed by atoms with Crippen LogP contribution >= 0.6 is 11.8 Å². The van der Waals surface area contributed by atoms with E-state index >= 15 is 0 Å². The van der Waals surface area contributed by atoms with Crippen LogP contribution in [0, 0.1) is 0 Å². The van der Waals surface area contributed by atoms with Crippen molar-refractivity contribution in [2.45, 2.75) is 38.6 Å². The van der Waals surface area contributed by atoms with Crippen LogP contribution in [0.25, 0.3) is 0 Å². The highest BCUT2D eigenvalue weighted by Crippen LogP contribution is 2.22. The lowest BCUT2D eigenvalue weighted by molar-refractivity contribution is -0.132. The zero-order chi connectivity index (χ0) is 14.5. The summed E-state index contributed by atoms with van der Waals surface area (Å²) in [6.07, 6.45) is 0.355. The molecule has 7 heteroatoms. The quantitative estimate of drug-likeness (QED) is 0.783. The molecular weight excluding hydrogens is 284 g/mol. The Morgan fingerprint density at radius 3 is 2.74 bits per heavy atom. The molecular formula is C12H24N2O3S2. The second-order valence-corrected chi connectivity index (χ2v) is 8.33. The van der Waals surface area contributed by atoms with Gasteiger partial charge in [-0.05, 0) is 13.5 Å². The smallest absolute Gasteiger partial charge is 0.225 e. The van der Waals surface area contributed by atoms with Crippen molar-refractivity contribution < 1.29 is 13.2 Å². The zero-order valence-electron chi connectivity index (χ0n) is 11.9. The molecule has 1 rings (SSSR count). The van der Waals surface area contributed by atoms with Gasteiger partial charge in [0.05, 0.1) is 0 Å². The molecule has 1 aliphatic heterocycles. The lowest BCUT2D eigenvalue weighted by Gasteiger charge is -2.35. The van der Waals surface area contributed by atoms with Crippen LogP contribution in [0.15, 0.2) is 0 Å². The molecule has 1 N–H and O–H groups in total. The van der Waals surface area contributed by atoms with E-state index in [1.807, 2.05) is 13.8 Å². The minimum absolute atomic E-state index is 0.0595. The van der Waals surface area contributed by atoms with Gasteiger partial charge in [-0.1, -0.05) is 13.8 Å². The standard InChI is InChI=1S/C12H24N2O3S2/c1-4-13-10(3)8-11(15)14-6-7-18-9-12(14)19(16,17)5-2/h10,12-13H,4-9H2,1-3H3. The molecule has 5 nitrogen and oxygen atoms in total. The number of hydrogen-bond donors (Lipinski definition) is 1. The van der Waals surface area contributed by atoms with E-state index in [0.29, 0.717) is 18.7 Å². The van der Waals surface area contributed by atoms with Gasteiger partial charge in [-0.3, -0.25) is 4.79 Å². The summed E-state index contributed by atoms with van der Waals surface area (Å²) >= 11 is 1.61. The van der Waals surface area contributed by atoms with E-state index in [-0.39, 0.29) is 17.7 Å². The third kappa shape index (κ3) is 4.65. The molecule has 1 heterocycles. The number of nitrogens with one attached hydrogen (secondary N) is 1. The van der Waals surface area contributed by atoms with Crippen LogP contribution in [0.1, 0.15) is 27.2 Å². The third-order valence-corrected chi connectivity index (χ3v) is 6.54. The molecule has 1 fully saturated rings. The van der Waals surface area contributed by atoms with Crippen molar-refractivity contribution in [2.24, 2.45) is 0 Å². The van der Waals surface area contributed by atoms with Gasteiger partial charge in [-0.25, -0.2) is 8.42 Å². The third-order valence-electron chi connectivity index (χ3n) is 3.26. The van der Waals surface area contributed by atoms with Gasteiger partial charge in [0.25, 0.3) is 0 Å². The topological polar surface area (TPSA) is 66.5 Å². The lowest BCUT2D eigenvalue weighted by Crippen LogP contribution is -2.51. The van der Waals surface area contributed by atoms with Gasteiger partial charge >= 0.3 is 0 Å². The zero-order valence-corrected chi connectivity index (χ0v) is 13.5.